The van der Waals surface area contributed by atoms with Gasteiger partial charge in [0.05, 0.1) is 0 Å². The SMILES string of the molecule is CCCCCCCCCCCCc1ccc(OC(=O)COP)cc1. The van der Waals surface area contributed by atoms with Crippen LogP contribution in [0.3, 0.4) is 0 Å². The van der Waals surface area contributed by atoms with Crippen molar-refractivity contribution in [2.45, 2.75) is 77.6 Å². The molecule has 1 aromatic rings. The lowest BCUT2D eigenvalue weighted by Crippen LogP contribution is -2.12. The zero-order valence-electron chi connectivity index (χ0n) is 15.1. The van der Waals surface area contributed by atoms with Crippen molar-refractivity contribution in [1.82, 2.24) is 0 Å². The quantitative estimate of drug-likeness (QED) is 0.182. The largest absolute Gasteiger partial charge is 0.425 e. The van der Waals surface area contributed by atoms with Crippen molar-refractivity contribution in [3.8, 4) is 5.75 Å². The van der Waals surface area contributed by atoms with E-state index in [2.05, 4.69) is 11.4 Å². The van der Waals surface area contributed by atoms with Gasteiger partial charge < -0.3 is 9.26 Å². The van der Waals surface area contributed by atoms with Crippen molar-refractivity contribution in [3.63, 3.8) is 0 Å². The number of unbranched alkanes of at least 4 members (excludes halogenated alkanes) is 9. The van der Waals surface area contributed by atoms with Gasteiger partial charge in [0.1, 0.15) is 12.4 Å². The Morgan fingerprint density at radius 2 is 1.42 bits per heavy atom. The van der Waals surface area contributed by atoms with E-state index in [1.54, 1.807) is 0 Å². The summed E-state index contributed by atoms with van der Waals surface area (Å²) in [6.45, 7) is 2.21. The van der Waals surface area contributed by atoms with Crippen LogP contribution in [0, 0.1) is 0 Å². The smallest absolute Gasteiger partial charge is 0.337 e. The summed E-state index contributed by atoms with van der Waals surface area (Å²) in [4.78, 5) is 11.3. The number of benzene rings is 1. The Labute approximate surface area is 149 Å². The van der Waals surface area contributed by atoms with E-state index < -0.39 is 0 Å². The summed E-state index contributed by atoms with van der Waals surface area (Å²) in [5.74, 6) is 0.196. The molecule has 1 aromatic carbocycles. The average molecular weight is 352 g/mol. The lowest BCUT2D eigenvalue weighted by Gasteiger charge is -2.06. The molecule has 0 aliphatic rings. The van der Waals surface area contributed by atoms with Gasteiger partial charge in [-0.05, 0) is 30.5 Å². The number of hydrogen-bond donors (Lipinski definition) is 0. The third-order valence-electron chi connectivity index (χ3n) is 4.18. The predicted molar refractivity (Wildman–Crippen MR) is 103 cm³/mol. The number of rotatable bonds is 14. The van der Waals surface area contributed by atoms with E-state index in [4.69, 9.17) is 4.74 Å². The Hall–Kier alpha value is -0.920. The van der Waals surface area contributed by atoms with Gasteiger partial charge in [0.25, 0.3) is 0 Å². The lowest BCUT2D eigenvalue weighted by molar-refractivity contribution is -0.136. The van der Waals surface area contributed by atoms with E-state index in [1.165, 1.54) is 69.8 Å². The van der Waals surface area contributed by atoms with Crippen LogP contribution in [0.2, 0.25) is 0 Å². The fraction of sp³-hybridized carbons (Fsp3) is 0.650. The van der Waals surface area contributed by atoms with Crippen LogP contribution >= 0.6 is 9.47 Å². The van der Waals surface area contributed by atoms with E-state index in [0.717, 1.165) is 6.42 Å². The lowest BCUT2D eigenvalue weighted by atomic mass is 10.0. The van der Waals surface area contributed by atoms with Crippen LogP contribution in [0.4, 0.5) is 0 Å². The van der Waals surface area contributed by atoms with Crippen LogP contribution < -0.4 is 4.74 Å². The van der Waals surface area contributed by atoms with E-state index in [1.807, 2.05) is 33.7 Å². The van der Waals surface area contributed by atoms with E-state index in [9.17, 15) is 4.79 Å². The highest BCUT2D eigenvalue weighted by atomic mass is 31.0. The van der Waals surface area contributed by atoms with Crippen LogP contribution in [-0.4, -0.2) is 12.6 Å². The molecule has 1 atom stereocenters. The maximum Gasteiger partial charge on any atom is 0.337 e. The molecule has 0 N–H and O–H groups in total. The van der Waals surface area contributed by atoms with Gasteiger partial charge in [-0.1, -0.05) is 76.8 Å². The van der Waals surface area contributed by atoms with Crippen molar-refractivity contribution in [1.29, 1.82) is 0 Å². The molecule has 0 fully saturated rings. The Bertz CT molecular complexity index is 431. The summed E-state index contributed by atoms with van der Waals surface area (Å²) >= 11 is 0. The summed E-state index contributed by atoms with van der Waals surface area (Å²) < 4.78 is 9.80. The summed E-state index contributed by atoms with van der Waals surface area (Å²) in [5, 5.41) is 0. The minimum Gasteiger partial charge on any atom is -0.425 e. The minimum atomic E-state index is -0.382. The number of carbonyl (C=O) groups excluding carboxylic acids is 1. The van der Waals surface area contributed by atoms with Crippen LogP contribution in [0.25, 0.3) is 0 Å². The maximum atomic E-state index is 11.3. The van der Waals surface area contributed by atoms with Crippen molar-refractivity contribution < 1.29 is 14.1 Å². The van der Waals surface area contributed by atoms with Gasteiger partial charge in [0.15, 0.2) is 0 Å². The molecule has 1 rings (SSSR count). The molecule has 1 unspecified atom stereocenters. The van der Waals surface area contributed by atoms with E-state index in [-0.39, 0.29) is 12.6 Å². The molecule has 0 radical (unpaired) electrons. The zero-order valence-corrected chi connectivity index (χ0v) is 16.3. The van der Waals surface area contributed by atoms with Crippen LogP contribution in [0.1, 0.15) is 76.7 Å². The molecule has 0 bridgehead atoms. The Morgan fingerprint density at radius 1 is 0.875 bits per heavy atom. The Kier molecular flexibility index (Phi) is 12.7. The highest BCUT2D eigenvalue weighted by Crippen LogP contribution is 2.16. The molecule has 0 heterocycles. The number of hydrogen-bond acceptors (Lipinski definition) is 3. The number of ether oxygens (including phenoxy) is 1. The van der Waals surface area contributed by atoms with Crippen molar-refractivity contribution in [2.24, 2.45) is 0 Å². The summed E-state index contributed by atoms with van der Waals surface area (Å²) in [6, 6.07) is 7.79. The van der Waals surface area contributed by atoms with Crippen LogP contribution in [0.15, 0.2) is 24.3 Å². The highest BCUT2D eigenvalue weighted by Gasteiger charge is 2.03. The molecule has 0 amide bonds. The normalized spacial score (nSPS) is 10.8. The van der Waals surface area contributed by atoms with Gasteiger partial charge in [0, 0.05) is 9.47 Å². The fourth-order valence-corrected chi connectivity index (χ4v) is 2.91. The Balaban J connectivity index is 2.04. The molecule has 0 spiro atoms. The van der Waals surface area contributed by atoms with Gasteiger partial charge >= 0.3 is 5.97 Å². The van der Waals surface area contributed by atoms with Gasteiger partial charge in [-0.3, -0.25) is 0 Å². The first-order chi connectivity index (χ1) is 11.8. The molecule has 0 aliphatic carbocycles. The number of esters is 1. The topological polar surface area (TPSA) is 35.5 Å². The van der Waals surface area contributed by atoms with Gasteiger partial charge in [-0.2, -0.15) is 0 Å². The van der Waals surface area contributed by atoms with Gasteiger partial charge in [-0.25, -0.2) is 4.79 Å². The van der Waals surface area contributed by atoms with Crippen molar-refractivity contribution in [2.75, 3.05) is 6.61 Å². The maximum absolute atomic E-state index is 11.3. The molecule has 136 valence electrons. The summed E-state index contributed by atoms with van der Waals surface area (Å²) in [6.07, 6.45) is 14.7. The van der Waals surface area contributed by atoms with E-state index >= 15 is 0 Å². The molecule has 0 aromatic heterocycles. The van der Waals surface area contributed by atoms with E-state index in [0.29, 0.717) is 5.75 Å². The van der Waals surface area contributed by atoms with Crippen LogP contribution in [-0.2, 0) is 15.7 Å². The Morgan fingerprint density at radius 3 is 1.96 bits per heavy atom. The molecule has 0 aliphatic heterocycles. The zero-order chi connectivity index (χ0) is 17.5. The molecule has 0 saturated carbocycles. The first-order valence-corrected chi connectivity index (χ1v) is 9.84. The standard InChI is InChI=1S/C20H33O3P/c1-2-3-4-5-6-7-8-9-10-11-12-18-13-15-19(16-14-18)23-20(21)17-22-24/h13-16H,2-12,17,24H2,1H3. The molecular formula is C20H33O3P. The van der Waals surface area contributed by atoms with Crippen LogP contribution in [0.5, 0.6) is 5.75 Å². The molecule has 3 nitrogen and oxygen atoms in total. The van der Waals surface area contributed by atoms with Gasteiger partial charge in [0.2, 0.25) is 0 Å². The third-order valence-corrected chi connectivity index (χ3v) is 4.34. The molecule has 4 heteroatoms. The summed E-state index contributed by atoms with van der Waals surface area (Å²) in [5.41, 5.74) is 1.30. The first-order valence-electron chi connectivity index (χ1n) is 9.37. The predicted octanol–water partition coefficient (Wildman–Crippen LogP) is 5.86. The second-order valence-electron chi connectivity index (χ2n) is 6.36. The second-order valence-corrected chi connectivity index (χ2v) is 6.69. The summed E-state index contributed by atoms with van der Waals surface area (Å²) in [7, 11) is 2.04. The highest BCUT2D eigenvalue weighted by molar-refractivity contribution is 7.09. The molecular weight excluding hydrogens is 319 g/mol. The van der Waals surface area contributed by atoms with Crippen molar-refractivity contribution >= 4 is 15.4 Å². The first kappa shape index (κ1) is 21.1. The monoisotopic (exact) mass is 352 g/mol. The van der Waals surface area contributed by atoms with Crippen molar-refractivity contribution in [3.05, 3.63) is 29.8 Å². The van der Waals surface area contributed by atoms with Gasteiger partial charge in [-0.15, -0.1) is 0 Å². The fourth-order valence-electron chi connectivity index (χ4n) is 2.77. The second kappa shape index (κ2) is 14.4. The number of carbonyl (C=O) groups is 1. The molecule has 24 heavy (non-hydrogen) atoms. The average Bonchev–Trinajstić information content (AvgIpc) is 2.58. The molecule has 0 saturated heterocycles. The number of aryl methyl sites for hydroxylation is 1. The third kappa shape index (κ3) is 10.8. The minimum absolute atomic E-state index is 0.0506.